The van der Waals surface area contributed by atoms with Crippen LogP contribution >= 0.6 is 0 Å². The first-order valence-corrected chi connectivity index (χ1v) is 11.5. The molecule has 0 aromatic heterocycles. The second kappa shape index (κ2) is 8.45. The Morgan fingerprint density at radius 2 is 1.83 bits per heavy atom. The molecular weight excluding hydrogens is 472 g/mol. The summed E-state index contributed by atoms with van der Waals surface area (Å²) in [7, 11) is 0. The lowest BCUT2D eigenvalue weighted by molar-refractivity contribution is -0.160. The van der Waals surface area contributed by atoms with Gasteiger partial charge >= 0.3 is 0 Å². The van der Waals surface area contributed by atoms with E-state index in [1.165, 1.54) is 12.1 Å². The zero-order valence-corrected chi connectivity index (χ0v) is 19.9. The highest BCUT2D eigenvalue weighted by Crippen LogP contribution is 2.56. The van der Waals surface area contributed by atoms with Gasteiger partial charge in [-0.15, -0.1) is 0 Å². The van der Waals surface area contributed by atoms with Crippen LogP contribution in [-0.2, 0) is 19.2 Å². The smallest absolute Gasteiger partial charge is 0.255 e. The second-order valence-corrected chi connectivity index (χ2v) is 10.1. The summed E-state index contributed by atoms with van der Waals surface area (Å²) in [6, 6.07) is 2.66. The molecule has 0 saturated heterocycles. The highest BCUT2D eigenvalue weighted by atomic mass is 16.4. The number of phenolic OH excluding ortho intramolecular Hbond substituents is 1. The fraction of sp³-hybridized carbons (Fsp3) is 0.440. The molecule has 0 aliphatic heterocycles. The largest absolute Gasteiger partial charge is 0.508 e. The quantitative estimate of drug-likeness (QED) is 0.231. The SMILES string of the molecule is CC(C)CC(=O)Nc1ccc(O)c2c1[C@H](C)[C@@H]1C(=C2O)C(=O)[C@]2(O)C(O)=C(C(N)=O)C(=O)C[C@@H]2[C@H]1O. The van der Waals surface area contributed by atoms with E-state index in [4.69, 9.17) is 5.73 Å². The van der Waals surface area contributed by atoms with Gasteiger partial charge in [-0.2, -0.15) is 0 Å². The van der Waals surface area contributed by atoms with Crippen molar-refractivity contribution in [1.29, 1.82) is 0 Å². The molecule has 11 nitrogen and oxygen atoms in total. The minimum atomic E-state index is -2.90. The molecule has 0 radical (unpaired) electrons. The summed E-state index contributed by atoms with van der Waals surface area (Å²) in [5.74, 6) is -9.75. The van der Waals surface area contributed by atoms with Crippen LogP contribution in [0.3, 0.4) is 0 Å². The van der Waals surface area contributed by atoms with Gasteiger partial charge < -0.3 is 36.6 Å². The average Bonchev–Trinajstić information content (AvgIpc) is 2.77. The predicted octanol–water partition coefficient (Wildman–Crippen LogP) is 0.940. The van der Waals surface area contributed by atoms with E-state index in [-0.39, 0.29) is 35.1 Å². The van der Waals surface area contributed by atoms with Crippen molar-refractivity contribution in [2.24, 2.45) is 23.5 Å². The average molecular weight is 501 g/mol. The fourth-order valence-electron chi connectivity index (χ4n) is 5.76. The van der Waals surface area contributed by atoms with Gasteiger partial charge in [0.1, 0.15) is 22.8 Å². The topological polar surface area (TPSA) is 207 Å². The van der Waals surface area contributed by atoms with Crippen LogP contribution in [0.2, 0.25) is 0 Å². The molecule has 4 rings (SSSR count). The van der Waals surface area contributed by atoms with Crippen molar-refractivity contribution in [3.8, 4) is 5.75 Å². The molecule has 1 aromatic rings. The molecule has 1 aromatic carbocycles. The Hall–Kier alpha value is -3.70. The highest BCUT2D eigenvalue weighted by Gasteiger charge is 2.65. The van der Waals surface area contributed by atoms with Gasteiger partial charge in [-0.3, -0.25) is 19.2 Å². The van der Waals surface area contributed by atoms with E-state index in [2.05, 4.69) is 5.32 Å². The molecule has 5 atom stereocenters. The summed E-state index contributed by atoms with van der Waals surface area (Å²) in [5, 5.41) is 57.8. The van der Waals surface area contributed by atoms with E-state index >= 15 is 0 Å². The maximum absolute atomic E-state index is 13.6. The minimum Gasteiger partial charge on any atom is -0.508 e. The van der Waals surface area contributed by atoms with E-state index < -0.39 is 81.8 Å². The number of hydrogen-bond donors (Lipinski definition) is 7. The number of nitrogens with two attached hydrogens (primary N) is 1. The fourth-order valence-corrected chi connectivity index (χ4v) is 5.76. The zero-order valence-electron chi connectivity index (χ0n) is 19.9. The molecule has 0 spiro atoms. The Balaban J connectivity index is 1.94. The predicted molar refractivity (Wildman–Crippen MR) is 126 cm³/mol. The number of ketones is 2. The number of benzene rings is 1. The summed E-state index contributed by atoms with van der Waals surface area (Å²) >= 11 is 0. The summed E-state index contributed by atoms with van der Waals surface area (Å²) in [6.07, 6.45) is -2.10. The first-order chi connectivity index (χ1) is 16.7. The number of nitrogens with one attached hydrogen (secondary N) is 1. The Morgan fingerprint density at radius 1 is 1.19 bits per heavy atom. The van der Waals surface area contributed by atoms with Crippen LogP contribution in [0, 0.1) is 17.8 Å². The number of aliphatic hydroxyl groups is 4. The lowest BCUT2D eigenvalue weighted by atomic mass is 9.55. The Kier molecular flexibility index (Phi) is 5.96. The minimum absolute atomic E-state index is 0.0561. The number of fused-ring (bicyclic) bond motifs is 3. The highest BCUT2D eigenvalue weighted by molar-refractivity contribution is 6.23. The van der Waals surface area contributed by atoms with Crippen LogP contribution in [0.5, 0.6) is 5.75 Å². The molecule has 0 heterocycles. The Bertz CT molecular complexity index is 1280. The second-order valence-electron chi connectivity index (χ2n) is 10.1. The number of rotatable bonds is 4. The van der Waals surface area contributed by atoms with Crippen molar-refractivity contribution >= 4 is 34.8 Å². The summed E-state index contributed by atoms with van der Waals surface area (Å²) in [5.41, 5.74) is 1.18. The van der Waals surface area contributed by atoms with Gasteiger partial charge in [0.05, 0.1) is 11.7 Å². The van der Waals surface area contributed by atoms with Crippen LogP contribution < -0.4 is 11.1 Å². The monoisotopic (exact) mass is 500 g/mol. The standard InChI is InChI=1S/C25H28N2O9/c1-8(2)6-14(30)27-11-4-5-12(28)17-15(11)9(3)16-19(21(17)32)23(34)25(36)10(20(16)31)7-13(29)18(22(25)33)24(26)35/h4-5,8-10,16,20,28,31-33,36H,6-7H2,1-3H3,(H2,26,35)(H,27,30)/t9-,10+,16+,20+,25+/m0/s1. The summed E-state index contributed by atoms with van der Waals surface area (Å²) < 4.78 is 0. The molecule has 2 amide bonds. The molecule has 1 fully saturated rings. The van der Waals surface area contributed by atoms with Crippen LogP contribution in [0.1, 0.15) is 50.7 Å². The molecule has 36 heavy (non-hydrogen) atoms. The van der Waals surface area contributed by atoms with Gasteiger partial charge in [-0.05, 0) is 29.5 Å². The first kappa shape index (κ1) is 25.4. The summed E-state index contributed by atoms with van der Waals surface area (Å²) in [6.45, 7) is 5.32. The molecule has 11 heteroatoms. The Labute approximate surface area is 205 Å². The van der Waals surface area contributed by atoms with E-state index in [0.717, 1.165) is 0 Å². The first-order valence-electron chi connectivity index (χ1n) is 11.5. The lowest BCUT2D eigenvalue weighted by Crippen LogP contribution is -2.63. The van der Waals surface area contributed by atoms with E-state index in [1.807, 2.05) is 13.8 Å². The number of primary amides is 1. The van der Waals surface area contributed by atoms with Crippen molar-refractivity contribution in [3.63, 3.8) is 0 Å². The third-order valence-corrected chi connectivity index (χ3v) is 7.35. The molecular formula is C25H28N2O9. The van der Waals surface area contributed by atoms with Crippen LogP contribution in [0.25, 0.3) is 5.76 Å². The number of aromatic hydroxyl groups is 1. The maximum Gasteiger partial charge on any atom is 0.255 e. The molecule has 192 valence electrons. The number of carbonyl (C=O) groups excluding carboxylic acids is 4. The number of phenols is 1. The van der Waals surface area contributed by atoms with Crippen LogP contribution in [-0.4, -0.2) is 60.6 Å². The third-order valence-electron chi connectivity index (χ3n) is 7.35. The van der Waals surface area contributed by atoms with Crippen LogP contribution in [0.4, 0.5) is 5.69 Å². The van der Waals surface area contributed by atoms with Crippen LogP contribution in [0.15, 0.2) is 29.0 Å². The van der Waals surface area contributed by atoms with Crippen molar-refractivity contribution in [2.75, 3.05) is 5.32 Å². The van der Waals surface area contributed by atoms with Gasteiger partial charge in [-0.25, -0.2) is 0 Å². The number of carbonyl (C=O) groups is 4. The summed E-state index contributed by atoms with van der Waals surface area (Å²) in [4.78, 5) is 50.4. The molecule has 0 bridgehead atoms. The zero-order chi connectivity index (χ0) is 26.9. The van der Waals surface area contributed by atoms with Gasteiger partial charge in [0.2, 0.25) is 11.7 Å². The normalized spacial score (nSPS) is 29.6. The van der Waals surface area contributed by atoms with Gasteiger partial charge in [0, 0.05) is 35.9 Å². The molecule has 8 N–H and O–H groups in total. The van der Waals surface area contributed by atoms with E-state index in [9.17, 15) is 44.7 Å². The maximum atomic E-state index is 13.6. The molecule has 3 aliphatic rings. The number of aliphatic hydroxyl groups excluding tert-OH is 3. The molecule has 0 unspecified atom stereocenters. The number of amides is 2. The van der Waals surface area contributed by atoms with Crippen molar-refractivity contribution < 1.29 is 44.7 Å². The number of Topliss-reactive ketones (excluding diaryl/α,β-unsaturated/α-hetero) is 2. The van der Waals surface area contributed by atoms with E-state index in [1.54, 1.807) is 6.92 Å². The number of hydrogen-bond acceptors (Lipinski definition) is 9. The third kappa shape index (κ3) is 3.41. The molecule has 1 saturated carbocycles. The van der Waals surface area contributed by atoms with Gasteiger partial charge in [-0.1, -0.05) is 20.8 Å². The van der Waals surface area contributed by atoms with Crippen molar-refractivity contribution in [2.45, 2.75) is 51.2 Å². The number of anilines is 1. The van der Waals surface area contributed by atoms with Crippen molar-refractivity contribution in [3.05, 3.63) is 40.2 Å². The lowest BCUT2D eigenvalue weighted by Gasteiger charge is -2.50. The van der Waals surface area contributed by atoms with Gasteiger partial charge in [0.15, 0.2) is 11.4 Å². The van der Waals surface area contributed by atoms with Gasteiger partial charge in [0.25, 0.3) is 5.91 Å². The molecule has 3 aliphatic carbocycles. The Morgan fingerprint density at radius 3 is 2.42 bits per heavy atom. The van der Waals surface area contributed by atoms with E-state index in [0.29, 0.717) is 0 Å². The van der Waals surface area contributed by atoms with Crippen molar-refractivity contribution in [1.82, 2.24) is 0 Å².